The Balaban J connectivity index is 2.04. The Morgan fingerprint density at radius 3 is 2.43 bits per heavy atom. The highest BCUT2D eigenvalue weighted by Crippen LogP contribution is 2.61. The van der Waals surface area contributed by atoms with Crippen LogP contribution in [0.25, 0.3) is 0 Å². The SMILES string of the molecule is O=C(O)C1(CC(O)CO)CC2CC2C1. The van der Waals surface area contributed by atoms with E-state index in [1.807, 2.05) is 0 Å². The smallest absolute Gasteiger partial charge is 0.309 e. The highest BCUT2D eigenvalue weighted by molar-refractivity contribution is 5.75. The minimum absolute atomic E-state index is 0.200. The summed E-state index contributed by atoms with van der Waals surface area (Å²) in [7, 11) is 0. The van der Waals surface area contributed by atoms with E-state index < -0.39 is 17.5 Å². The van der Waals surface area contributed by atoms with Crippen molar-refractivity contribution in [2.45, 2.75) is 31.8 Å². The molecule has 0 spiro atoms. The molecule has 0 aliphatic heterocycles. The number of aliphatic hydroxyl groups excluding tert-OH is 2. The van der Waals surface area contributed by atoms with Crippen LogP contribution in [0.5, 0.6) is 0 Å². The normalized spacial score (nSPS) is 41.9. The number of aliphatic hydroxyl groups is 2. The molecule has 0 amide bonds. The molecular formula is C10H16O4. The molecule has 0 bridgehead atoms. The van der Waals surface area contributed by atoms with Crippen LogP contribution in [-0.4, -0.2) is 34.0 Å². The predicted molar refractivity (Wildman–Crippen MR) is 48.6 cm³/mol. The molecule has 2 saturated carbocycles. The maximum absolute atomic E-state index is 11.1. The van der Waals surface area contributed by atoms with Gasteiger partial charge in [0.25, 0.3) is 0 Å². The van der Waals surface area contributed by atoms with Gasteiger partial charge < -0.3 is 15.3 Å². The third-order valence-electron chi connectivity index (χ3n) is 3.67. The van der Waals surface area contributed by atoms with Gasteiger partial charge in [-0.2, -0.15) is 0 Å². The third kappa shape index (κ3) is 1.53. The van der Waals surface area contributed by atoms with Gasteiger partial charge >= 0.3 is 5.97 Å². The van der Waals surface area contributed by atoms with E-state index in [0.29, 0.717) is 24.7 Å². The Kier molecular flexibility index (Phi) is 2.27. The van der Waals surface area contributed by atoms with Crippen molar-refractivity contribution >= 4 is 5.97 Å². The zero-order valence-corrected chi connectivity index (χ0v) is 8.02. The van der Waals surface area contributed by atoms with Gasteiger partial charge in [0.15, 0.2) is 0 Å². The second-order valence-corrected chi connectivity index (χ2v) is 4.79. The van der Waals surface area contributed by atoms with E-state index >= 15 is 0 Å². The highest BCUT2D eigenvalue weighted by atomic mass is 16.4. The van der Waals surface area contributed by atoms with Crippen LogP contribution < -0.4 is 0 Å². The van der Waals surface area contributed by atoms with Gasteiger partial charge in [-0.15, -0.1) is 0 Å². The van der Waals surface area contributed by atoms with Crippen LogP contribution in [0.3, 0.4) is 0 Å². The Morgan fingerprint density at radius 2 is 2.00 bits per heavy atom. The first-order chi connectivity index (χ1) is 6.57. The second-order valence-electron chi connectivity index (χ2n) is 4.79. The van der Waals surface area contributed by atoms with Crippen molar-refractivity contribution in [2.24, 2.45) is 17.3 Å². The molecule has 80 valence electrons. The zero-order chi connectivity index (χ0) is 10.3. The molecule has 0 aromatic rings. The van der Waals surface area contributed by atoms with E-state index in [2.05, 4.69) is 0 Å². The van der Waals surface area contributed by atoms with Crippen molar-refractivity contribution in [3.05, 3.63) is 0 Å². The quantitative estimate of drug-likeness (QED) is 0.607. The van der Waals surface area contributed by atoms with Crippen molar-refractivity contribution < 1.29 is 20.1 Å². The summed E-state index contributed by atoms with van der Waals surface area (Å²) in [5.74, 6) is 0.325. The number of carbonyl (C=O) groups is 1. The predicted octanol–water partition coefficient (Wildman–Crippen LogP) is 0.231. The van der Waals surface area contributed by atoms with Crippen LogP contribution in [0, 0.1) is 17.3 Å². The lowest BCUT2D eigenvalue weighted by Gasteiger charge is -2.27. The van der Waals surface area contributed by atoms with Crippen LogP contribution in [0.2, 0.25) is 0 Å². The lowest BCUT2D eigenvalue weighted by molar-refractivity contribution is -0.151. The van der Waals surface area contributed by atoms with Crippen molar-refractivity contribution in [3.63, 3.8) is 0 Å². The first-order valence-electron chi connectivity index (χ1n) is 5.10. The van der Waals surface area contributed by atoms with E-state index in [-0.39, 0.29) is 13.0 Å². The van der Waals surface area contributed by atoms with Gasteiger partial charge in [0.1, 0.15) is 0 Å². The molecule has 2 fully saturated rings. The number of fused-ring (bicyclic) bond motifs is 1. The number of carboxylic acid groups (broad SMARTS) is 1. The number of hydrogen-bond donors (Lipinski definition) is 3. The molecule has 2 rings (SSSR count). The topological polar surface area (TPSA) is 77.8 Å². The van der Waals surface area contributed by atoms with Crippen molar-refractivity contribution in [2.75, 3.05) is 6.61 Å². The molecule has 0 aromatic heterocycles. The maximum atomic E-state index is 11.1. The van der Waals surface area contributed by atoms with Crippen molar-refractivity contribution in [3.8, 4) is 0 Å². The van der Waals surface area contributed by atoms with E-state index in [1.165, 1.54) is 0 Å². The molecule has 0 radical (unpaired) electrons. The first-order valence-corrected chi connectivity index (χ1v) is 5.10. The van der Waals surface area contributed by atoms with Gasteiger partial charge in [-0.05, 0) is 37.5 Å². The molecule has 3 unspecified atom stereocenters. The number of carboxylic acids is 1. The summed E-state index contributed by atoms with van der Waals surface area (Å²) in [5, 5.41) is 27.2. The second kappa shape index (κ2) is 3.21. The van der Waals surface area contributed by atoms with Gasteiger partial charge in [-0.3, -0.25) is 4.79 Å². The van der Waals surface area contributed by atoms with Crippen LogP contribution in [0.1, 0.15) is 25.7 Å². The van der Waals surface area contributed by atoms with E-state index in [9.17, 15) is 9.90 Å². The van der Waals surface area contributed by atoms with E-state index in [1.54, 1.807) is 0 Å². The van der Waals surface area contributed by atoms with Gasteiger partial charge in [0.05, 0.1) is 18.1 Å². The molecule has 3 atom stereocenters. The maximum Gasteiger partial charge on any atom is 0.309 e. The minimum Gasteiger partial charge on any atom is -0.481 e. The van der Waals surface area contributed by atoms with E-state index in [4.69, 9.17) is 10.2 Å². The van der Waals surface area contributed by atoms with Crippen molar-refractivity contribution in [1.82, 2.24) is 0 Å². The fraction of sp³-hybridized carbons (Fsp3) is 0.900. The Morgan fingerprint density at radius 1 is 1.43 bits per heavy atom. The summed E-state index contributed by atoms with van der Waals surface area (Å²) in [4.78, 5) is 11.1. The van der Waals surface area contributed by atoms with Gasteiger partial charge in [0, 0.05) is 0 Å². The molecule has 0 saturated heterocycles. The Hall–Kier alpha value is -0.610. The first kappa shape index (κ1) is 9.93. The average Bonchev–Trinajstić information content (AvgIpc) is 2.74. The van der Waals surface area contributed by atoms with Crippen LogP contribution >= 0.6 is 0 Å². The molecular weight excluding hydrogens is 184 g/mol. The fourth-order valence-electron chi connectivity index (χ4n) is 2.84. The zero-order valence-electron chi connectivity index (χ0n) is 8.02. The van der Waals surface area contributed by atoms with Gasteiger partial charge in [-0.1, -0.05) is 0 Å². The van der Waals surface area contributed by atoms with Crippen LogP contribution in [0.15, 0.2) is 0 Å². The number of aliphatic carboxylic acids is 1. The lowest BCUT2D eigenvalue weighted by Crippen LogP contribution is -2.34. The van der Waals surface area contributed by atoms with Crippen molar-refractivity contribution in [1.29, 1.82) is 0 Å². The van der Waals surface area contributed by atoms with Gasteiger partial charge in [0.2, 0.25) is 0 Å². The summed E-state index contributed by atoms with van der Waals surface area (Å²) in [6.45, 7) is -0.343. The molecule has 2 aliphatic carbocycles. The molecule has 2 aliphatic rings. The fourth-order valence-corrected chi connectivity index (χ4v) is 2.84. The monoisotopic (exact) mass is 200 g/mol. The molecule has 4 heteroatoms. The summed E-state index contributed by atoms with van der Waals surface area (Å²) in [6.07, 6.45) is 1.84. The molecule has 0 heterocycles. The third-order valence-corrected chi connectivity index (χ3v) is 3.67. The number of hydrogen-bond acceptors (Lipinski definition) is 3. The molecule has 4 nitrogen and oxygen atoms in total. The average molecular weight is 200 g/mol. The summed E-state index contributed by atoms with van der Waals surface area (Å²) < 4.78 is 0. The molecule has 0 aromatic carbocycles. The minimum atomic E-state index is -0.886. The summed E-state index contributed by atoms with van der Waals surface area (Å²) in [5.41, 5.74) is -0.754. The van der Waals surface area contributed by atoms with Gasteiger partial charge in [-0.25, -0.2) is 0 Å². The van der Waals surface area contributed by atoms with Crippen LogP contribution in [0.4, 0.5) is 0 Å². The number of rotatable bonds is 4. The molecule has 14 heavy (non-hydrogen) atoms. The Bertz CT molecular complexity index is 241. The van der Waals surface area contributed by atoms with E-state index in [0.717, 1.165) is 6.42 Å². The summed E-state index contributed by atoms with van der Waals surface area (Å²) >= 11 is 0. The lowest BCUT2D eigenvalue weighted by atomic mass is 9.78. The standard InChI is InChI=1S/C10H16O4/c11-5-8(12)4-10(9(13)14)2-6-1-7(6)3-10/h6-8,11-12H,1-5H2,(H,13,14). The summed E-state index contributed by atoms with van der Waals surface area (Å²) in [6, 6.07) is 0. The largest absolute Gasteiger partial charge is 0.481 e. The van der Waals surface area contributed by atoms with Crippen LogP contribution in [-0.2, 0) is 4.79 Å². The highest BCUT2D eigenvalue weighted by Gasteiger charge is 2.57. The Labute approximate surface area is 82.6 Å². The molecule has 3 N–H and O–H groups in total.